The number of nitrogens with zero attached hydrogens (tertiary/aromatic N) is 3. The standard InChI is InChI=1S/C23H22N4O3S2/c1-14(28)26-9-11-27(12-10-26)22-16(7-8-20(25-22)30-2)24-23(29)19-13-18-21(32-19)15-5-3-4-6-17(15)31-18/h3-8,13H,9-12H2,1-2H3,(H,24,29). The number of fused-ring (bicyclic) bond motifs is 3. The van der Waals surface area contributed by atoms with E-state index in [0.717, 1.165) is 9.40 Å². The van der Waals surface area contributed by atoms with Gasteiger partial charge < -0.3 is 19.9 Å². The van der Waals surface area contributed by atoms with Crippen LogP contribution in [0.5, 0.6) is 5.88 Å². The quantitative estimate of drug-likeness (QED) is 0.481. The Morgan fingerprint density at radius 1 is 1.03 bits per heavy atom. The molecular weight excluding hydrogens is 444 g/mol. The van der Waals surface area contributed by atoms with Crippen LogP contribution < -0.4 is 15.0 Å². The summed E-state index contributed by atoms with van der Waals surface area (Å²) in [6.07, 6.45) is 0. The third kappa shape index (κ3) is 3.78. The summed E-state index contributed by atoms with van der Waals surface area (Å²) in [5, 5.41) is 4.23. The lowest BCUT2D eigenvalue weighted by molar-refractivity contribution is -0.129. The molecule has 1 aromatic carbocycles. The molecule has 32 heavy (non-hydrogen) atoms. The van der Waals surface area contributed by atoms with Gasteiger partial charge in [-0.15, -0.1) is 22.7 Å². The fourth-order valence-electron chi connectivity index (χ4n) is 3.91. The number of hydrogen-bond acceptors (Lipinski definition) is 7. The first-order valence-electron chi connectivity index (χ1n) is 10.3. The Hall–Kier alpha value is -3.17. The molecule has 5 rings (SSSR count). The number of benzene rings is 1. The molecule has 3 aromatic heterocycles. The smallest absolute Gasteiger partial charge is 0.265 e. The molecule has 1 aliphatic rings. The van der Waals surface area contributed by atoms with E-state index in [4.69, 9.17) is 4.74 Å². The Bertz CT molecular complexity index is 1320. The van der Waals surface area contributed by atoms with Crippen LogP contribution in [0.3, 0.4) is 0 Å². The molecule has 2 amide bonds. The molecule has 1 aliphatic heterocycles. The van der Waals surface area contributed by atoms with Crippen molar-refractivity contribution in [1.82, 2.24) is 9.88 Å². The number of carbonyl (C=O) groups is 2. The molecular formula is C23H22N4O3S2. The van der Waals surface area contributed by atoms with Crippen LogP contribution in [0, 0.1) is 0 Å². The van der Waals surface area contributed by atoms with E-state index in [1.165, 1.54) is 21.4 Å². The van der Waals surface area contributed by atoms with Gasteiger partial charge in [-0.25, -0.2) is 0 Å². The van der Waals surface area contributed by atoms with Crippen LogP contribution in [-0.2, 0) is 4.79 Å². The molecule has 1 N–H and O–H groups in total. The number of rotatable bonds is 4. The van der Waals surface area contributed by atoms with Gasteiger partial charge in [0, 0.05) is 54.0 Å². The third-order valence-electron chi connectivity index (χ3n) is 5.60. The van der Waals surface area contributed by atoms with Crippen LogP contribution in [0.15, 0.2) is 42.5 Å². The summed E-state index contributed by atoms with van der Waals surface area (Å²) >= 11 is 3.21. The number of hydrogen-bond donors (Lipinski definition) is 1. The first-order valence-corrected chi connectivity index (χ1v) is 11.9. The highest BCUT2D eigenvalue weighted by atomic mass is 32.1. The number of methoxy groups -OCH3 is 1. The van der Waals surface area contributed by atoms with Crippen molar-refractivity contribution in [3.05, 3.63) is 47.3 Å². The number of ether oxygens (including phenoxy) is 1. The number of pyridine rings is 1. The predicted octanol–water partition coefficient (Wildman–Crippen LogP) is 4.44. The summed E-state index contributed by atoms with van der Waals surface area (Å²) in [5.41, 5.74) is 0.633. The van der Waals surface area contributed by atoms with E-state index >= 15 is 0 Å². The molecule has 9 heteroatoms. The highest BCUT2D eigenvalue weighted by Gasteiger charge is 2.24. The zero-order valence-corrected chi connectivity index (χ0v) is 19.4. The Labute approximate surface area is 193 Å². The van der Waals surface area contributed by atoms with Gasteiger partial charge in [0.15, 0.2) is 5.82 Å². The minimum atomic E-state index is -0.155. The van der Waals surface area contributed by atoms with Gasteiger partial charge in [-0.2, -0.15) is 4.98 Å². The first-order chi connectivity index (χ1) is 15.5. The third-order valence-corrected chi connectivity index (χ3v) is 8.02. The van der Waals surface area contributed by atoms with E-state index in [0.29, 0.717) is 48.4 Å². The van der Waals surface area contributed by atoms with Gasteiger partial charge in [0.1, 0.15) is 0 Å². The van der Waals surface area contributed by atoms with E-state index in [2.05, 4.69) is 27.3 Å². The molecule has 0 unspecified atom stereocenters. The van der Waals surface area contributed by atoms with Gasteiger partial charge >= 0.3 is 0 Å². The Balaban J connectivity index is 1.41. The molecule has 164 valence electrons. The summed E-state index contributed by atoms with van der Waals surface area (Å²) in [5.74, 6) is 1.06. The molecule has 4 aromatic rings. The number of piperazine rings is 1. The van der Waals surface area contributed by atoms with Crippen molar-refractivity contribution in [3.8, 4) is 5.88 Å². The fourth-order valence-corrected chi connectivity index (χ4v) is 6.33. The van der Waals surface area contributed by atoms with Gasteiger partial charge in [-0.05, 0) is 18.2 Å². The lowest BCUT2D eigenvalue weighted by atomic mass is 10.2. The number of amides is 2. The normalized spacial score (nSPS) is 14.2. The molecule has 0 aliphatic carbocycles. The van der Waals surface area contributed by atoms with E-state index in [1.807, 2.05) is 29.2 Å². The van der Waals surface area contributed by atoms with Gasteiger partial charge in [-0.1, -0.05) is 18.2 Å². The second-order valence-electron chi connectivity index (χ2n) is 7.57. The van der Waals surface area contributed by atoms with Crippen molar-refractivity contribution >= 4 is 65.5 Å². The predicted molar refractivity (Wildman–Crippen MR) is 130 cm³/mol. The fraction of sp³-hybridized carbons (Fsp3) is 0.261. The average molecular weight is 467 g/mol. The lowest BCUT2D eigenvalue weighted by Crippen LogP contribution is -2.48. The van der Waals surface area contributed by atoms with Crippen molar-refractivity contribution < 1.29 is 14.3 Å². The van der Waals surface area contributed by atoms with Crippen LogP contribution in [-0.4, -0.2) is 55.0 Å². The van der Waals surface area contributed by atoms with Crippen LogP contribution in [0.1, 0.15) is 16.6 Å². The van der Waals surface area contributed by atoms with E-state index < -0.39 is 0 Å². The van der Waals surface area contributed by atoms with Crippen LogP contribution in [0.2, 0.25) is 0 Å². The van der Waals surface area contributed by atoms with Gasteiger partial charge in [0.05, 0.1) is 22.4 Å². The SMILES string of the molecule is COc1ccc(NC(=O)c2cc3sc4ccccc4c3s2)c(N2CCN(C(C)=O)CC2)n1. The molecule has 1 saturated heterocycles. The first kappa shape index (κ1) is 20.7. The molecule has 0 saturated carbocycles. The van der Waals surface area contributed by atoms with Gasteiger partial charge in [0.2, 0.25) is 11.8 Å². The highest BCUT2D eigenvalue weighted by Crippen LogP contribution is 2.39. The van der Waals surface area contributed by atoms with Gasteiger partial charge in [0.25, 0.3) is 5.91 Å². The number of aromatic nitrogens is 1. The molecule has 7 nitrogen and oxygen atoms in total. The van der Waals surface area contributed by atoms with E-state index in [-0.39, 0.29) is 11.8 Å². The maximum absolute atomic E-state index is 13.1. The Morgan fingerprint density at radius 2 is 1.81 bits per heavy atom. The molecule has 0 spiro atoms. The van der Waals surface area contributed by atoms with Crippen LogP contribution in [0.4, 0.5) is 11.5 Å². The van der Waals surface area contributed by atoms with Crippen molar-refractivity contribution in [3.63, 3.8) is 0 Å². The minimum absolute atomic E-state index is 0.0713. The zero-order valence-electron chi connectivity index (χ0n) is 17.8. The Morgan fingerprint density at radius 3 is 2.56 bits per heavy atom. The highest BCUT2D eigenvalue weighted by molar-refractivity contribution is 7.33. The van der Waals surface area contributed by atoms with Gasteiger partial charge in [-0.3, -0.25) is 9.59 Å². The summed E-state index contributed by atoms with van der Waals surface area (Å²) in [7, 11) is 1.57. The molecule has 0 atom stereocenters. The van der Waals surface area contributed by atoms with E-state index in [1.54, 1.807) is 31.4 Å². The summed E-state index contributed by atoms with van der Waals surface area (Å²) in [6, 6.07) is 13.8. The van der Waals surface area contributed by atoms with Crippen molar-refractivity contribution in [2.75, 3.05) is 43.5 Å². The number of anilines is 2. The average Bonchev–Trinajstić information content (AvgIpc) is 3.38. The second kappa shape index (κ2) is 8.40. The molecule has 0 bridgehead atoms. The van der Waals surface area contributed by atoms with Crippen LogP contribution in [0.25, 0.3) is 19.5 Å². The number of thiophene rings is 2. The number of nitrogens with one attached hydrogen (secondary N) is 1. The summed E-state index contributed by atoms with van der Waals surface area (Å²) in [4.78, 5) is 33.9. The maximum Gasteiger partial charge on any atom is 0.265 e. The van der Waals surface area contributed by atoms with Crippen LogP contribution >= 0.6 is 22.7 Å². The topological polar surface area (TPSA) is 74.8 Å². The minimum Gasteiger partial charge on any atom is -0.481 e. The summed E-state index contributed by atoms with van der Waals surface area (Å²) in [6.45, 7) is 4.11. The van der Waals surface area contributed by atoms with Crippen molar-refractivity contribution in [2.24, 2.45) is 0 Å². The number of carbonyl (C=O) groups excluding carboxylic acids is 2. The molecule has 4 heterocycles. The van der Waals surface area contributed by atoms with E-state index in [9.17, 15) is 9.59 Å². The maximum atomic E-state index is 13.1. The lowest BCUT2D eigenvalue weighted by Gasteiger charge is -2.35. The largest absolute Gasteiger partial charge is 0.481 e. The molecule has 1 fully saturated rings. The monoisotopic (exact) mass is 466 g/mol. The van der Waals surface area contributed by atoms with Crippen molar-refractivity contribution in [2.45, 2.75) is 6.92 Å². The second-order valence-corrected chi connectivity index (χ2v) is 9.71. The summed E-state index contributed by atoms with van der Waals surface area (Å²) < 4.78 is 8.80. The Kier molecular flexibility index (Phi) is 5.44. The zero-order chi connectivity index (χ0) is 22.2. The van der Waals surface area contributed by atoms with Crippen molar-refractivity contribution in [1.29, 1.82) is 0 Å². The molecule has 0 radical (unpaired) electrons.